The van der Waals surface area contributed by atoms with Crippen LogP contribution in [0.15, 0.2) is 36.5 Å². The summed E-state index contributed by atoms with van der Waals surface area (Å²) < 4.78 is 25.7. The van der Waals surface area contributed by atoms with Crippen LogP contribution in [0.4, 0.5) is 8.78 Å². The Kier molecular flexibility index (Phi) is 3.88. The van der Waals surface area contributed by atoms with Crippen molar-refractivity contribution < 1.29 is 13.9 Å². The van der Waals surface area contributed by atoms with Gasteiger partial charge in [0.25, 0.3) is 0 Å². The van der Waals surface area contributed by atoms with Gasteiger partial charge in [0, 0.05) is 24.8 Å². The summed E-state index contributed by atoms with van der Waals surface area (Å²) >= 11 is 0. The number of nitrogens with zero attached hydrogens (tertiary/aromatic N) is 2. The van der Waals surface area contributed by atoms with E-state index in [4.69, 9.17) is 0 Å². The quantitative estimate of drug-likeness (QED) is 0.859. The molecule has 1 aromatic carbocycles. The highest BCUT2D eigenvalue weighted by Crippen LogP contribution is 2.16. The number of phenols is 1. The normalized spacial score (nSPS) is 11.1. The fourth-order valence-electron chi connectivity index (χ4n) is 1.64. The molecule has 0 bridgehead atoms. The zero-order valence-corrected chi connectivity index (χ0v) is 9.55. The number of nitrogens with one attached hydrogen (secondary N) is 1. The van der Waals surface area contributed by atoms with E-state index in [0.717, 1.165) is 5.56 Å². The summed E-state index contributed by atoms with van der Waals surface area (Å²) in [6.07, 6.45) is 1.34. The van der Waals surface area contributed by atoms with Crippen LogP contribution in [0.1, 0.15) is 17.8 Å². The van der Waals surface area contributed by atoms with Gasteiger partial charge in [-0.1, -0.05) is 18.2 Å². The van der Waals surface area contributed by atoms with Gasteiger partial charge < -0.3 is 10.4 Å². The van der Waals surface area contributed by atoms with Crippen molar-refractivity contribution in [1.82, 2.24) is 15.1 Å². The Morgan fingerprint density at radius 3 is 2.72 bits per heavy atom. The summed E-state index contributed by atoms with van der Waals surface area (Å²) in [5.74, 6) is 0.187. The van der Waals surface area contributed by atoms with Crippen LogP contribution in [0.5, 0.6) is 5.75 Å². The van der Waals surface area contributed by atoms with Crippen molar-refractivity contribution in [1.29, 1.82) is 0 Å². The van der Waals surface area contributed by atoms with Crippen LogP contribution in [-0.2, 0) is 13.1 Å². The van der Waals surface area contributed by atoms with Crippen molar-refractivity contribution in [3.8, 4) is 5.75 Å². The predicted molar refractivity (Wildman–Crippen MR) is 62.1 cm³/mol. The molecule has 0 fully saturated rings. The van der Waals surface area contributed by atoms with Crippen molar-refractivity contribution in [3.05, 3.63) is 47.8 Å². The lowest BCUT2D eigenvalue weighted by Gasteiger charge is -2.08. The highest BCUT2D eigenvalue weighted by Gasteiger charge is 2.10. The standard InChI is InChI=1S/C12H13F2N3O/c13-12(14)17-10(5-6-16-17)8-15-7-9-3-1-2-4-11(9)18/h1-6,12,15,18H,7-8H2. The molecule has 2 N–H and O–H groups in total. The second-order valence-corrected chi connectivity index (χ2v) is 3.78. The molecule has 0 unspecified atom stereocenters. The lowest BCUT2D eigenvalue weighted by molar-refractivity contribution is 0.0531. The van der Waals surface area contributed by atoms with Gasteiger partial charge in [0.15, 0.2) is 0 Å². The largest absolute Gasteiger partial charge is 0.508 e. The molecule has 1 heterocycles. The molecule has 0 amide bonds. The molecular weight excluding hydrogens is 240 g/mol. The molecule has 2 rings (SSSR count). The number of aromatic hydroxyl groups is 1. The first kappa shape index (κ1) is 12.5. The Hall–Kier alpha value is -1.95. The van der Waals surface area contributed by atoms with Crippen molar-refractivity contribution in [3.63, 3.8) is 0 Å². The van der Waals surface area contributed by atoms with E-state index in [2.05, 4.69) is 10.4 Å². The number of rotatable bonds is 5. The lowest BCUT2D eigenvalue weighted by atomic mass is 10.2. The number of para-hydroxylation sites is 1. The SMILES string of the molecule is Oc1ccccc1CNCc1ccnn1C(F)F. The van der Waals surface area contributed by atoms with Gasteiger partial charge in [-0.2, -0.15) is 13.9 Å². The number of phenolic OH excluding ortho intramolecular Hbond substituents is 1. The summed E-state index contributed by atoms with van der Waals surface area (Å²) in [6.45, 7) is -1.97. The zero-order valence-electron chi connectivity index (χ0n) is 9.55. The van der Waals surface area contributed by atoms with E-state index in [1.54, 1.807) is 24.3 Å². The molecule has 0 spiro atoms. The molecule has 18 heavy (non-hydrogen) atoms. The van der Waals surface area contributed by atoms with Gasteiger partial charge in [-0.25, -0.2) is 4.68 Å². The Balaban J connectivity index is 1.93. The number of alkyl halides is 2. The summed E-state index contributed by atoms with van der Waals surface area (Å²) in [7, 11) is 0. The van der Waals surface area contributed by atoms with E-state index in [1.807, 2.05) is 0 Å². The van der Waals surface area contributed by atoms with Crippen molar-refractivity contribution in [2.45, 2.75) is 19.6 Å². The van der Waals surface area contributed by atoms with Crippen molar-refractivity contribution >= 4 is 0 Å². The third-order valence-corrected chi connectivity index (χ3v) is 2.55. The van der Waals surface area contributed by atoms with Gasteiger partial charge in [0.1, 0.15) is 5.75 Å². The third-order valence-electron chi connectivity index (χ3n) is 2.55. The highest BCUT2D eigenvalue weighted by molar-refractivity contribution is 5.31. The topological polar surface area (TPSA) is 50.1 Å². The number of hydrogen-bond donors (Lipinski definition) is 2. The van der Waals surface area contributed by atoms with E-state index >= 15 is 0 Å². The second kappa shape index (κ2) is 5.59. The minimum absolute atomic E-state index is 0.187. The smallest absolute Gasteiger partial charge is 0.333 e. The molecule has 0 atom stereocenters. The average Bonchev–Trinajstić information content (AvgIpc) is 2.80. The van der Waals surface area contributed by atoms with Crippen LogP contribution in [0.2, 0.25) is 0 Å². The molecule has 0 aliphatic heterocycles. The summed E-state index contributed by atoms with van der Waals surface area (Å²) in [5.41, 5.74) is 1.13. The van der Waals surface area contributed by atoms with Gasteiger partial charge in [-0.15, -0.1) is 0 Å². The third kappa shape index (κ3) is 2.84. The Morgan fingerprint density at radius 1 is 1.22 bits per heavy atom. The predicted octanol–water partition coefficient (Wildman–Crippen LogP) is 2.27. The zero-order chi connectivity index (χ0) is 13.0. The fourth-order valence-corrected chi connectivity index (χ4v) is 1.64. The lowest BCUT2D eigenvalue weighted by Crippen LogP contribution is -2.16. The van der Waals surface area contributed by atoms with Crippen LogP contribution in [-0.4, -0.2) is 14.9 Å². The Labute approximate surface area is 103 Å². The number of halogens is 2. The van der Waals surface area contributed by atoms with Gasteiger partial charge in [-0.05, 0) is 12.1 Å². The molecule has 0 aliphatic rings. The molecule has 0 saturated carbocycles. The molecule has 4 nitrogen and oxygen atoms in total. The number of benzene rings is 1. The molecule has 2 aromatic rings. The van der Waals surface area contributed by atoms with Crippen LogP contribution in [0, 0.1) is 0 Å². The van der Waals surface area contributed by atoms with Gasteiger partial charge >= 0.3 is 6.55 Å². The Bertz CT molecular complexity index is 514. The van der Waals surface area contributed by atoms with Crippen LogP contribution >= 0.6 is 0 Å². The van der Waals surface area contributed by atoms with Gasteiger partial charge in [0.2, 0.25) is 0 Å². The maximum absolute atomic E-state index is 12.5. The van der Waals surface area contributed by atoms with E-state index in [0.29, 0.717) is 16.9 Å². The summed E-state index contributed by atoms with van der Waals surface area (Å²) in [4.78, 5) is 0. The second-order valence-electron chi connectivity index (χ2n) is 3.78. The van der Waals surface area contributed by atoms with E-state index in [9.17, 15) is 13.9 Å². The fraction of sp³-hybridized carbons (Fsp3) is 0.250. The maximum atomic E-state index is 12.5. The first-order valence-electron chi connectivity index (χ1n) is 5.46. The van der Waals surface area contributed by atoms with E-state index in [1.165, 1.54) is 12.3 Å². The minimum atomic E-state index is -2.64. The molecular formula is C12H13F2N3O. The van der Waals surface area contributed by atoms with Crippen molar-refractivity contribution in [2.24, 2.45) is 0 Å². The monoisotopic (exact) mass is 253 g/mol. The molecule has 0 saturated heterocycles. The molecule has 0 radical (unpaired) electrons. The average molecular weight is 253 g/mol. The minimum Gasteiger partial charge on any atom is -0.508 e. The van der Waals surface area contributed by atoms with E-state index in [-0.39, 0.29) is 12.3 Å². The van der Waals surface area contributed by atoms with Crippen molar-refractivity contribution in [2.75, 3.05) is 0 Å². The molecule has 1 aromatic heterocycles. The van der Waals surface area contributed by atoms with Crippen LogP contribution in [0.25, 0.3) is 0 Å². The van der Waals surface area contributed by atoms with Gasteiger partial charge in [0.05, 0.1) is 5.69 Å². The van der Waals surface area contributed by atoms with Crippen LogP contribution < -0.4 is 5.32 Å². The van der Waals surface area contributed by atoms with Gasteiger partial charge in [-0.3, -0.25) is 0 Å². The molecule has 0 aliphatic carbocycles. The van der Waals surface area contributed by atoms with Crippen LogP contribution in [0.3, 0.4) is 0 Å². The molecule has 96 valence electrons. The molecule has 6 heteroatoms. The number of hydrogen-bond acceptors (Lipinski definition) is 3. The first-order valence-corrected chi connectivity index (χ1v) is 5.46. The van der Waals surface area contributed by atoms with E-state index < -0.39 is 6.55 Å². The summed E-state index contributed by atoms with van der Waals surface area (Å²) in [5, 5.41) is 16.1. The first-order chi connectivity index (χ1) is 8.68. The maximum Gasteiger partial charge on any atom is 0.333 e. The summed E-state index contributed by atoms with van der Waals surface area (Å²) in [6, 6.07) is 8.42. The Morgan fingerprint density at radius 2 is 2.00 bits per heavy atom. The highest BCUT2D eigenvalue weighted by atomic mass is 19.3. The number of aromatic nitrogens is 2.